The van der Waals surface area contributed by atoms with Gasteiger partial charge >= 0.3 is 6.18 Å². The lowest BCUT2D eigenvalue weighted by atomic mass is 10.1. The van der Waals surface area contributed by atoms with Gasteiger partial charge in [-0.3, -0.25) is 0 Å². The molecule has 0 amide bonds. The second-order valence-corrected chi connectivity index (χ2v) is 4.48. The molecule has 1 N–H and O–H groups in total. The van der Waals surface area contributed by atoms with Crippen LogP contribution >= 0.6 is 0 Å². The Kier molecular flexibility index (Phi) is 6.26. The fraction of sp³-hybridized carbons (Fsp3) is 0.571. The van der Waals surface area contributed by atoms with Crippen molar-refractivity contribution in [3.8, 4) is 5.75 Å². The van der Waals surface area contributed by atoms with Crippen LogP contribution in [-0.2, 0) is 6.18 Å². The maximum atomic E-state index is 13.2. The largest absolute Gasteiger partial charge is 0.489 e. The third-order valence-electron chi connectivity index (χ3n) is 2.78. The monoisotopic (exact) mass is 293 g/mol. The molecule has 0 aromatic heterocycles. The second kappa shape index (κ2) is 7.47. The molecule has 1 aromatic rings. The van der Waals surface area contributed by atoms with Crippen molar-refractivity contribution in [2.24, 2.45) is 0 Å². The first-order valence-corrected chi connectivity index (χ1v) is 6.62. The molecule has 0 aliphatic rings. The number of benzene rings is 1. The molecule has 0 spiro atoms. The van der Waals surface area contributed by atoms with Crippen molar-refractivity contribution < 1.29 is 22.3 Å². The fourth-order valence-corrected chi connectivity index (χ4v) is 1.82. The van der Waals surface area contributed by atoms with Crippen molar-refractivity contribution in [2.75, 3.05) is 13.1 Å². The first-order chi connectivity index (χ1) is 9.38. The molecule has 0 saturated heterocycles. The van der Waals surface area contributed by atoms with Crippen LogP contribution in [0.3, 0.4) is 0 Å². The SMILES string of the molecule is CCCC(CNCC)Oc1ccc(F)c(C(F)(F)F)c1. The molecular formula is C14H19F4NO. The van der Waals surface area contributed by atoms with E-state index in [0.717, 1.165) is 19.0 Å². The summed E-state index contributed by atoms with van der Waals surface area (Å²) in [4.78, 5) is 0. The molecule has 2 nitrogen and oxygen atoms in total. The fourth-order valence-electron chi connectivity index (χ4n) is 1.82. The Balaban J connectivity index is 2.85. The lowest BCUT2D eigenvalue weighted by molar-refractivity contribution is -0.140. The van der Waals surface area contributed by atoms with Crippen molar-refractivity contribution in [2.45, 2.75) is 39.0 Å². The van der Waals surface area contributed by atoms with Crippen molar-refractivity contribution in [3.05, 3.63) is 29.6 Å². The van der Waals surface area contributed by atoms with Gasteiger partial charge in [0.1, 0.15) is 17.7 Å². The molecular weight excluding hydrogens is 274 g/mol. The summed E-state index contributed by atoms with van der Waals surface area (Å²) in [5, 5.41) is 3.09. The lowest BCUT2D eigenvalue weighted by Crippen LogP contribution is -2.31. The summed E-state index contributed by atoms with van der Waals surface area (Å²) < 4.78 is 56.5. The average molecular weight is 293 g/mol. The molecule has 1 atom stereocenters. The van der Waals surface area contributed by atoms with Gasteiger partial charge in [-0.1, -0.05) is 20.3 Å². The van der Waals surface area contributed by atoms with Crippen molar-refractivity contribution >= 4 is 0 Å². The quantitative estimate of drug-likeness (QED) is 0.767. The van der Waals surface area contributed by atoms with Gasteiger partial charge in [0.05, 0.1) is 5.56 Å². The Labute approximate surface area is 116 Å². The topological polar surface area (TPSA) is 21.3 Å². The van der Waals surface area contributed by atoms with E-state index in [-0.39, 0.29) is 11.9 Å². The van der Waals surface area contributed by atoms with Gasteiger partial charge in [0.25, 0.3) is 0 Å². The van der Waals surface area contributed by atoms with Crippen LogP contribution in [0.15, 0.2) is 18.2 Å². The number of likely N-dealkylation sites (N-methyl/N-ethyl adjacent to an activating group) is 1. The Morgan fingerprint density at radius 3 is 2.50 bits per heavy atom. The normalized spacial score (nSPS) is 13.3. The predicted octanol–water partition coefficient (Wildman–Crippen LogP) is 4.00. The first kappa shape index (κ1) is 16.8. The summed E-state index contributed by atoms with van der Waals surface area (Å²) in [6.07, 6.45) is -3.38. The molecule has 20 heavy (non-hydrogen) atoms. The van der Waals surface area contributed by atoms with Crippen LogP contribution < -0.4 is 10.1 Å². The molecule has 0 fully saturated rings. The van der Waals surface area contributed by atoms with E-state index in [1.165, 1.54) is 6.07 Å². The minimum Gasteiger partial charge on any atom is -0.489 e. The van der Waals surface area contributed by atoms with Crippen LogP contribution in [0.2, 0.25) is 0 Å². The summed E-state index contributed by atoms with van der Waals surface area (Å²) in [7, 11) is 0. The number of nitrogens with one attached hydrogen (secondary N) is 1. The summed E-state index contributed by atoms with van der Waals surface area (Å²) >= 11 is 0. The third kappa shape index (κ3) is 5.00. The van der Waals surface area contributed by atoms with Crippen molar-refractivity contribution in [1.82, 2.24) is 5.32 Å². The molecule has 0 heterocycles. The van der Waals surface area contributed by atoms with Gasteiger partial charge in [0.2, 0.25) is 0 Å². The van der Waals surface area contributed by atoms with E-state index in [4.69, 9.17) is 4.74 Å². The predicted molar refractivity (Wildman–Crippen MR) is 69.3 cm³/mol. The molecule has 6 heteroatoms. The zero-order valence-corrected chi connectivity index (χ0v) is 11.6. The van der Waals surface area contributed by atoms with Gasteiger partial charge in [-0.05, 0) is 31.2 Å². The first-order valence-electron chi connectivity index (χ1n) is 6.62. The summed E-state index contributed by atoms with van der Waals surface area (Å²) in [5.74, 6) is -1.25. The van der Waals surface area contributed by atoms with Gasteiger partial charge in [-0.25, -0.2) is 4.39 Å². The van der Waals surface area contributed by atoms with Crippen LogP contribution in [0.1, 0.15) is 32.3 Å². The van der Waals surface area contributed by atoms with Crippen LogP contribution in [0, 0.1) is 5.82 Å². The van der Waals surface area contributed by atoms with E-state index < -0.39 is 17.6 Å². The zero-order valence-electron chi connectivity index (χ0n) is 11.6. The molecule has 1 unspecified atom stereocenters. The van der Waals surface area contributed by atoms with Crippen LogP contribution in [-0.4, -0.2) is 19.2 Å². The lowest BCUT2D eigenvalue weighted by Gasteiger charge is -2.20. The Morgan fingerprint density at radius 1 is 1.25 bits per heavy atom. The minimum absolute atomic E-state index is 0.0371. The molecule has 0 aliphatic heterocycles. The second-order valence-electron chi connectivity index (χ2n) is 4.48. The number of halogens is 4. The Morgan fingerprint density at radius 2 is 1.95 bits per heavy atom. The van der Waals surface area contributed by atoms with Crippen molar-refractivity contribution in [3.63, 3.8) is 0 Å². The molecule has 114 valence electrons. The maximum absolute atomic E-state index is 13.2. The van der Waals surface area contributed by atoms with Gasteiger partial charge in [-0.2, -0.15) is 13.2 Å². The highest BCUT2D eigenvalue weighted by molar-refractivity contribution is 5.31. The minimum atomic E-state index is -4.72. The summed E-state index contributed by atoms with van der Waals surface area (Å²) in [6, 6.07) is 2.72. The van der Waals surface area contributed by atoms with Crippen LogP contribution in [0.4, 0.5) is 17.6 Å². The van der Waals surface area contributed by atoms with E-state index >= 15 is 0 Å². The van der Waals surface area contributed by atoms with Gasteiger partial charge in [0, 0.05) is 6.54 Å². The molecule has 0 aliphatic carbocycles. The van der Waals surface area contributed by atoms with Crippen LogP contribution in [0.5, 0.6) is 5.75 Å². The highest BCUT2D eigenvalue weighted by atomic mass is 19.4. The number of rotatable bonds is 7. The standard InChI is InChI=1S/C14H19F4NO/c1-3-5-11(9-19-4-2)20-10-6-7-13(15)12(8-10)14(16,17)18/h6-8,11,19H,3-5,9H2,1-2H3. The number of alkyl halides is 3. The number of hydrogen-bond acceptors (Lipinski definition) is 2. The van der Waals surface area contributed by atoms with Crippen molar-refractivity contribution in [1.29, 1.82) is 0 Å². The highest BCUT2D eigenvalue weighted by Gasteiger charge is 2.34. The average Bonchev–Trinajstić information content (AvgIpc) is 2.37. The van der Waals surface area contributed by atoms with E-state index in [0.29, 0.717) is 19.0 Å². The maximum Gasteiger partial charge on any atom is 0.419 e. The molecule has 0 radical (unpaired) electrons. The highest BCUT2D eigenvalue weighted by Crippen LogP contribution is 2.33. The Bertz CT molecular complexity index is 420. The smallest absolute Gasteiger partial charge is 0.419 e. The molecule has 0 bridgehead atoms. The summed E-state index contributed by atoms with van der Waals surface area (Å²) in [5.41, 5.74) is -1.30. The van der Waals surface area contributed by atoms with Crippen LogP contribution in [0.25, 0.3) is 0 Å². The molecule has 1 aromatic carbocycles. The van der Waals surface area contributed by atoms with Gasteiger partial charge in [-0.15, -0.1) is 0 Å². The van der Waals surface area contributed by atoms with E-state index in [9.17, 15) is 17.6 Å². The van der Waals surface area contributed by atoms with Gasteiger partial charge < -0.3 is 10.1 Å². The van der Waals surface area contributed by atoms with E-state index in [1.54, 1.807) is 0 Å². The number of hydrogen-bond donors (Lipinski definition) is 1. The number of ether oxygens (including phenoxy) is 1. The van der Waals surface area contributed by atoms with E-state index in [1.807, 2.05) is 13.8 Å². The van der Waals surface area contributed by atoms with Gasteiger partial charge in [0.15, 0.2) is 0 Å². The van der Waals surface area contributed by atoms with E-state index in [2.05, 4.69) is 5.32 Å². The molecule has 1 rings (SSSR count). The molecule has 0 saturated carbocycles. The zero-order chi connectivity index (χ0) is 15.2. The third-order valence-corrected chi connectivity index (χ3v) is 2.78. The Hall–Kier alpha value is -1.30. The summed E-state index contributed by atoms with van der Waals surface area (Å²) in [6.45, 7) is 5.20.